The Kier molecular flexibility index (Phi) is 16.1. The molecule has 0 radical (unpaired) electrons. The number of anilines is 2. The average Bonchev–Trinajstić information content (AvgIpc) is 4.22. The van der Waals surface area contributed by atoms with Crippen LogP contribution in [0.5, 0.6) is 0 Å². The molecule has 396 valence electrons. The molecule has 12 aromatic rings. The molecule has 0 unspecified atom stereocenters. The number of nitrogens with zero attached hydrogens (tertiary/aromatic N) is 8. The molecule has 4 heterocycles. The van der Waals surface area contributed by atoms with Crippen LogP contribution in [0, 0.1) is 0 Å². The molecule has 3 N–H and O–H groups in total. The van der Waals surface area contributed by atoms with Gasteiger partial charge in [0.05, 0.1) is 0 Å². The van der Waals surface area contributed by atoms with Gasteiger partial charge >= 0.3 is 0 Å². The van der Waals surface area contributed by atoms with Crippen LogP contribution in [0.2, 0.25) is 0 Å². The smallest absolute Gasteiger partial charge is 0.182 e. The number of aliphatic hydroxyl groups is 1. The highest BCUT2D eigenvalue weighted by Crippen LogP contribution is 2.45. The fraction of sp³-hybridized carbons (Fsp3) is 0.147. The third-order valence-electron chi connectivity index (χ3n) is 15.1. The Morgan fingerprint density at radius 3 is 0.950 bits per heavy atom. The van der Waals surface area contributed by atoms with E-state index in [0.29, 0.717) is 23.4 Å². The third-order valence-corrected chi connectivity index (χ3v) is 15.6. The van der Waals surface area contributed by atoms with Crippen molar-refractivity contribution in [3.05, 3.63) is 310 Å². The molecule has 0 fully saturated rings. The number of rotatable bonds is 18. The maximum atomic E-state index is 10.1. The second-order valence-corrected chi connectivity index (χ2v) is 20.4. The van der Waals surface area contributed by atoms with Crippen molar-refractivity contribution in [1.82, 2.24) is 40.0 Å². The zero-order valence-electron chi connectivity index (χ0n) is 44.6. The Hall–Kier alpha value is -9.10. The summed E-state index contributed by atoms with van der Waals surface area (Å²) in [6.45, 7) is 0.0500. The van der Waals surface area contributed by atoms with Crippen molar-refractivity contribution in [2.45, 2.75) is 35.8 Å². The van der Waals surface area contributed by atoms with Crippen LogP contribution in [0.25, 0.3) is 22.3 Å². The molecule has 80 heavy (non-hydrogen) atoms. The maximum Gasteiger partial charge on any atom is 0.182 e. The number of hydrogen-bond donors (Lipinski definition) is 3. The van der Waals surface area contributed by atoms with E-state index in [1.165, 1.54) is 5.56 Å². The standard InChI is InChI=1S/C34H30BrN5.C34H31N5O/c1-36-31-24-30(29(22-23-35)25-14-6-2-7-15-25)32-33(37-31)40(39-38-32)34(26-16-8-3-9-17-26,27-18-10-4-11-19-27)28-20-12-5-13-21-28;1-35-31-24-30(29(22-23-40)25-14-6-2-7-15-25)32-33(36-31)39(38-37-32)34(26-16-8-3-9-17-26,27-18-10-4-11-19-27)28-20-12-5-13-21-28/h2-21,24,29H,22-23H2,1H3,(H,36,37);2-21,24,29,40H,22-23H2,1H3,(H,35,36)/t2*29-/m11/s1. The van der Waals surface area contributed by atoms with Crippen molar-refractivity contribution in [3.8, 4) is 0 Å². The lowest BCUT2D eigenvalue weighted by Crippen LogP contribution is -2.39. The Morgan fingerprint density at radius 1 is 0.412 bits per heavy atom. The van der Waals surface area contributed by atoms with Crippen molar-refractivity contribution < 1.29 is 5.11 Å². The quantitative estimate of drug-likeness (QED) is 0.0568. The zero-order valence-corrected chi connectivity index (χ0v) is 46.2. The predicted octanol–water partition coefficient (Wildman–Crippen LogP) is 13.8. The lowest BCUT2D eigenvalue weighted by Gasteiger charge is -2.36. The van der Waals surface area contributed by atoms with Crippen LogP contribution in [0.4, 0.5) is 11.6 Å². The normalized spacial score (nSPS) is 12.3. The molecule has 4 aromatic heterocycles. The molecule has 0 saturated heterocycles. The van der Waals surface area contributed by atoms with Crippen molar-refractivity contribution in [2.24, 2.45) is 0 Å². The van der Waals surface area contributed by atoms with Crippen molar-refractivity contribution in [1.29, 1.82) is 0 Å². The highest BCUT2D eigenvalue weighted by atomic mass is 79.9. The molecule has 0 bridgehead atoms. The van der Waals surface area contributed by atoms with E-state index in [0.717, 1.165) is 78.8 Å². The monoisotopic (exact) mass is 1110 g/mol. The van der Waals surface area contributed by atoms with E-state index in [2.05, 4.69) is 221 Å². The van der Waals surface area contributed by atoms with E-state index in [-0.39, 0.29) is 18.4 Å². The highest BCUT2D eigenvalue weighted by Gasteiger charge is 2.43. The van der Waals surface area contributed by atoms with E-state index in [4.69, 9.17) is 30.6 Å². The first-order valence-corrected chi connectivity index (χ1v) is 28.2. The molecule has 0 aliphatic rings. The fourth-order valence-electron chi connectivity index (χ4n) is 11.5. The number of aromatic nitrogens is 8. The van der Waals surface area contributed by atoms with E-state index >= 15 is 0 Å². The van der Waals surface area contributed by atoms with Crippen LogP contribution in [-0.4, -0.2) is 71.1 Å². The maximum absolute atomic E-state index is 10.1. The summed E-state index contributed by atoms with van der Waals surface area (Å²) in [4.78, 5) is 10.2. The van der Waals surface area contributed by atoms with Gasteiger partial charge in [-0.1, -0.05) is 269 Å². The average molecular weight is 1110 g/mol. The molecular weight excluding hydrogens is 1050 g/mol. The van der Waals surface area contributed by atoms with Crippen molar-refractivity contribution >= 4 is 49.9 Å². The van der Waals surface area contributed by atoms with Crippen molar-refractivity contribution in [2.75, 3.05) is 36.7 Å². The van der Waals surface area contributed by atoms with E-state index < -0.39 is 11.1 Å². The Balaban J connectivity index is 0.000000169. The SMILES string of the molecule is CNc1cc([C@H](CCBr)c2ccccc2)c2nnn(C(c3ccccc3)(c3ccccc3)c3ccccc3)c2n1.CNc1cc([C@H](CCO)c2ccccc2)c2nnn(C(c3ccccc3)(c3ccccc3)c3ccccc3)c2n1. The van der Waals surface area contributed by atoms with Gasteiger partial charge in [-0.3, -0.25) is 0 Å². The first-order valence-electron chi connectivity index (χ1n) is 27.0. The second-order valence-electron chi connectivity index (χ2n) is 19.6. The molecule has 0 aliphatic carbocycles. The van der Waals surface area contributed by atoms with Crippen LogP contribution >= 0.6 is 15.9 Å². The summed E-state index contributed by atoms with van der Waals surface area (Å²) in [5.41, 5.74) is 12.1. The number of fused-ring (bicyclic) bond motifs is 2. The largest absolute Gasteiger partial charge is 0.396 e. The summed E-state index contributed by atoms with van der Waals surface area (Å²) in [6, 6.07) is 87.8. The lowest BCUT2D eigenvalue weighted by molar-refractivity contribution is 0.282. The van der Waals surface area contributed by atoms with Crippen LogP contribution < -0.4 is 10.6 Å². The van der Waals surface area contributed by atoms with Gasteiger partial charge in [-0.25, -0.2) is 19.3 Å². The van der Waals surface area contributed by atoms with Gasteiger partial charge in [0, 0.05) is 37.9 Å². The van der Waals surface area contributed by atoms with E-state index in [9.17, 15) is 5.11 Å². The van der Waals surface area contributed by atoms with Crippen LogP contribution in [0.1, 0.15) is 80.3 Å². The predicted molar refractivity (Wildman–Crippen MR) is 326 cm³/mol. The van der Waals surface area contributed by atoms with Gasteiger partial charge < -0.3 is 15.7 Å². The first kappa shape index (κ1) is 52.9. The number of alkyl halides is 1. The molecule has 0 amide bonds. The molecule has 11 nitrogen and oxygen atoms in total. The van der Waals surface area contributed by atoms with Gasteiger partial charge in [-0.2, -0.15) is 0 Å². The van der Waals surface area contributed by atoms with Gasteiger partial charge in [0.25, 0.3) is 0 Å². The third kappa shape index (κ3) is 9.93. The van der Waals surface area contributed by atoms with Crippen LogP contribution in [0.15, 0.2) is 255 Å². The molecule has 0 saturated carbocycles. The Bertz CT molecular complexity index is 3440. The first-order chi connectivity index (χ1) is 39.5. The minimum atomic E-state index is -0.839. The summed E-state index contributed by atoms with van der Waals surface area (Å²) in [6.07, 6.45) is 1.47. The number of halogens is 1. The van der Waals surface area contributed by atoms with E-state index in [1.54, 1.807) is 0 Å². The van der Waals surface area contributed by atoms with Gasteiger partial charge in [-0.05, 0) is 80.6 Å². The number of hydrogen-bond acceptors (Lipinski definition) is 9. The minimum absolute atomic E-state index is 0.0500. The van der Waals surface area contributed by atoms with Gasteiger partial charge in [0.15, 0.2) is 11.3 Å². The molecular formula is C68H61BrN10O. The van der Waals surface area contributed by atoms with Gasteiger partial charge in [0.2, 0.25) is 0 Å². The Labute approximate surface area is 475 Å². The molecule has 12 rings (SSSR count). The van der Waals surface area contributed by atoms with Gasteiger partial charge in [-0.15, -0.1) is 10.2 Å². The number of aliphatic hydroxyl groups excluding tert-OH is 1. The molecule has 0 spiro atoms. The minimum Gasteiger partial charge on any atom is -0.396 e. The summed E-state index contributed by atoms with van der Waals surface area (Å²) in [7, 11) is 3.78. The lowest BCUT2D eigenvalue weighted by atomic mass is 9.77. The van der Waals surface area contributed by atoms with E-state index in [1.807, 2.05) is 84.1 Å². The van der Waals surface area contributed by atoms with Crippen molar-refractivity contribution in [3.63, 3.8) is 0 Å². The zero-order chi connectivity index (χ0) is 54.7. The number of pyridine rings is 2. The summed E-state index contributed by atoms with van der Waals surface area (Å²) in [5, 5.41) is 37.0. The number of benzene rings is 8. The van der Waals surface area contributed by atoms with Crippen LogP contribution in [-0.2, 0) is 11.1 Å². The molecule has 2 atom stereocenters. The summed E-state index contributed by atoms with van der Waals surface area (Å²) < 4.78 is 3.98. The molecule has 12 heteroatoms. The topological polar surface area (TPSA) is 131 Å². The van der Waals surface area contributed by atoms with Crippen LogP contribution in [0.3, 0.4) is 0 Å². The highest BCUT2D eigenvalue weighted by molar-refractivity contribution is 9.09. The van der Waals surface area contributed by atoms with Gasteiger partial charge in [0.1, 0.15) is 33.7 Å². The number of nitrogens with one attached hydrogen (secondary N) is 2. The summed E-state index contributed by atoms with van der Waals surface area (Å²) >= 11 is 3.70. The Morgan fingerprint density at radius 2 is 0.688 bits per heavy atom. The fourth-order valence-corrected chi connectivity index (χ4v) is 12.0. The molecule has 0 aliphatic heterocycles. The second kappa shape index (κ2) is 24.3. The summed E-state index contributed by atoms with van der Waals surface area (Å²) in [5.74, 6) is 1.55. The molecule has 8 aromatic carbocycles.